The van der Waals surface area contributed by atoms with Crippen molar-refractivity contribution < 1.29 is 14.3 Å². The number of imidazole rings is 1. The van der Waals surface area contributed by atoms with Gasteiger partial charge in [-0.2, -0.15) is 0 Å². The lowest BCUT2D eigenvalue weighted by Gasteiger charge is -2.19. The Labute approximate surface area is 182 Å². The van der Waals surface area contributed by atoms with Gasteiger partial charge in [0.15, 0.2) is 0 Å². The number of fused-ring (bicyclic) bond motifs is 2. The number of pyridine rings is 1. The van der Waals surface area contributed by atoms with Gasteiger partial charge in [-0.3, -0.25) is 9.38 Å². The molecule has 0 bridgehead atoms. The van der Waals surface area contributed by atoms with Crippen molar-refractivity contribution in [2.45, 2.75) is 18.3 Å². The van der Waals surface area contributed by atoms with E-state index in [0.717, 1.165) is 41.1 Å². The maximum Gasteiger partial charge on any atom is 0.335 e. The Morgan fingerprint density at radius 1 is 1.03 bits per heavy atom. The van der Waals surface area contributed by atoms with E-state index in [1.165, 1.54) is 12.1 Å². The molecule has 6 rings (SSSR count). The van der Waals surface area contributed by atoms with Gasteiger partial charge in [-0.05, 0) is 60.9 Å². The highest BCUT2D eigenvalue weighted by atomic mass is 19.1. The fourth-order valence-electron chi connectivity index (χ4n) is 4.53. The van der Waals surface area contributed by atoms with E-state index in [1.807, 2.05) is 34.9 Å². The first-order valence-electron chi connectivity index (χ1n) is 10.3. The Morgan fingerprint density at radius 3 is 2.66 bits per heavy atom. The number of hydrogen-bond acceptors (Lipinski definition) is 4. The number of carboxylic acid groups (broad SMARTS) is 1. The molecule has 0 amide bonds. The molecule has 1 N–H and O–H groups in total. The monoisotopic (exact) mass is 424 g/mol. The summed E-state index contributed by atoms with van der Waals surface area (Å²) >= 11 is 0. The summed E-state index contributed by atoms with van der Waals surface area (Å²) in [6.07, 6.45) is 7.10. The number of carboxylic acids is 1. The molecule has 1 aliphatic carbocycles. The predicted octanol–water partition coefficient (Wildman–Crippen LogP) is 4.86. The molecule has 32 heavy (non-hydrogen) atoms. The summed E-state index contributed by atoms with van der Waals surface area (Å²) in [6, 6.07) is 15.9. The van der Waals surface area contributed by atoms with Gasteiger partial charge >= 0.3 is 5.97 Å². The van der Waals surface area contributed by atoms with Gasteiger partial charge in [0.05, 0.1) is 22.5 Å². The molecular formula is C25H17FN4O2. The molecule has 1 saturated carbocycles. The molecule has 3 heterocycles. The van der Waals surface area contributed by atoms with Crippen molar-refractivity contribution >= 4 is 22.6 Å². The van der Waals surface area contributed by atoms with Gasteiger partial charge in [0.1, 0.15) is 5.82 Å². The molecule has 0 unspecified atom stereocenters. The molecule has 0 saturated heterocycles. The van der Waals surface area contributed by atoms with E-state index in [9.17, 15) is 9.90 Å². The quantitative estimate of drug-likeness (QED) is 0.446. The summed E-state index contributed by atoms with van der Waals surface area (Å²) in [6.45, 7) is 0. The Balaban J connectivity index is 1.60. The Bertz CT molecular complexity index is 1540. The normalized spacial score (nSPS) is 14.7. The topological polar surface area (TPSA) is 80.4 Å². The van der Waals surface area contributed by atoms with Crippen LogP contribution in [-0.2, 0) is 5.41 Å². The number of rotatable bonds is 4. The second-order valence-electron chi connectivity index (χ2n) is 8.09. The first kappa shape index (κ1) is 18.6. The molecule has 2 aromatic carbocycles. The molecule has 156 valence electrons. The van der Waals surface area contributed by atoms with E-state index < -0.39 is 11.8 Å². The zero-order valence-corrected chi connectivity index (χ0v) is 16.9. The number of nitrogens with zero attached hydrogens (tertiary/aromatic N) is 4. The number of aromatic nitrogens is 4. The Kier molecular flexibility index (Phi) is 3.89. The average Bonchev–Trinajstić information content (AvgIpc) is 3.52. The van der Waals surface area contributed by atoms with Crippen molar-refractivity contribution in [3.8, 4) is 11.3 Å². The summed E-state index contributed by atoms with van der Waals surface area (Å²) < 4.78 is 17.0. The molecular weight excluding hydrogens is 407 g/mol. The highest BCUT2D eigenvalue weighted by Gasteiger charge is 2.50. The first-order chi connectivity index (χ1) is 15.6. The van der Waals surface area contributed by atoms with Crippen LogP contribution in [0.15, 0.2) is 73.2 Å². The minimum Gasteiger partial charge on any atom is -0.478 e. The van der Waals surface area contributed by atoms with E-state index in [2.05, 4.69) is 27.1 Å². The van der Waals surface area contributed by atoms with E-state index in [0.29, 0.717) is 11.5 Å². The summed E-state index contributed by atoms with van der Waals surface area (Å²) in [7, 11) is 0. The SMILES string of the molecule is O=C(O)c1ccc(-c2nc3ncccn3c2C2(c3ccc4ncccc4c3)CC2)c(F)c1. The van der Waals surface area contributed by atoms with Gasteiger partial charge < -0.3 is 5.11 Å². The molecule has 1 fully saturated rings. The fraction of sp³-hybridized carbons (Fsp3) is 0.120. The minimum absolute atomic E-state index is 0.0992. The van der Waals surface area contributed by atoms with Crippen molar-refractivity contribution in [2.24, 2.45) is 0 Å². The second kappa shape index (κ2) is 6.68. The van der Waals surface area contributed by atoms with Crippen LogP contribution in [0.25, 0.3) is 27.9 Å². The van der Waals surface area contributed by atoms with E-state index >= 15 is 4.39 Å². The third-order valence-electron chi connectivity index (χ3n) is 6.23. The van der Waals surface area contributed by atoms with Crippen LogP contribution >= 0.6 is 0 Å². The molecule has 7 heteroatoms. The van der Waals surface area contributed by atoms with Crippen LogP contribution in [0.2, 0.25) is 0 Å². The maximum absolute atomic E-state index is 15.1. The third-order valence-corrected chi connectivity index (χ3v) is 6.23. The first-order valence-corrected chi connectivity index (χ1v) is 10.3. The van der Waals surface area contributed by atoms with E-state index in [-0.39, 0.29) is 16.5 Å². The van der Waals surface area contributed by atoms with Crippen LogP contribution in [0, 0.1) is 5.82 Å². The van der Waals surface area contributed by atoms with Gasteiger partial charge in [0.2, 0.25) is 5.78 Å². The maximum atomic E-state index is 15.1. The zero-order chi connectivity index (χ0) is 21.9. The third kappa shape index (κ3) is 2.71. The molecule has 1 aliphatic rings. The number of halogens is 1. The molecule has 0 radical (unpaired) electrons. The molecule has 3 aromatic heterocycles. The lowest BCUT2D eigenvalue weighted by Crippen LogP contribution is -2.14. The predicted molar refractivity (Wildman–Crippen MR) is 117 cm³/mol. The van der Waals surface area contributed by atoms with Crippen LogP contribution in [0.4, 0.5) is 4.39 Å². The van der Waals surface area contributed by atoms with Crippen molar-refractivity contribution in [3.63, 3.8) is 0 Å². The minimum atomic E-state index is -1.17. The summed E-state index contributed by atoms with van der Waals surface area (Å²) in [4.78, 5) is 24.7. The molecule has 6 nitrogen and oxygen atoms in total. The van der Waals surface area contributed by atoms with Gasteiger partial charge in [-0.1, -0.05) is 12.1 Å². The van der Waals surface area contributed by atoms with Crippen LogP contribution in [0.1, 0.15) is 34.5 Å². The van der Waals surface area contributed by atoms with Crippen LogP contribution in [0.5, 0.6) is 0 Å². The fourth-order valence-corrected chi connectivity index (χ4v) is 4.53. The van der Waals surface area contributed by atoms with Crippen LogP contribution in [0.3, 0.4) is 0 Å². The number of benzene rings is 2. The number of hydrogen-bond donors (Lipinski definition) is 1. The molecule has 0 spiro atoms. The van der Waals surface area contributed by atoms with E-state index in [1.54, 1.807) is 12.4 Å². The summed E-state index contributed by atoms with van der Waals surface area (Å²) in [5.41, 5.74) is 3.23. The van der Waals surface area contributed by atoms with Gasteiger partial charge in [0, 0.05) is 35.0 Å². The van der Waals surface area contributed by atoms with Gasteiger partial charge in [-0.15, -0.1) is 0 Å². The van der Waals surface area contributed by atoms with Crippen molar-refractivity contribution in [1.29, 1.82) is 0 Å². The molecule has 5 aromatic rings. The lowest BCUT2D eigenvalue weighted by atomic mass is 9.88. The van der Waals surface area contributed by atoms with Gasteiger partial charge in [0.25, 0.3) is 0 Å². The van der Waals surface area contributed by atoms with Crippen molar-refractivity contribution in [2.75, 3.05) is 0 Å². The Hall–Kier alpha value is -4.13. The zero-order valence-electron chi connectivity index (χ0n) is 16.9. The molecule has 0 atom stereocenters. The summed E-state index contributed by atoms with van der Waals surface area (Å²) in [5, 5.41) is 10.3. The standard InChI is InChI=1S/C25H17FN4O2/c26-19-14-16(23(31)32)4-6-18(19)21-22(30-12-2-11-28-24(30)29-21)25(8-9-25)17-5-7-20-15(13-17)3-1-10-27-20/h1-7,10-14H,8-9H2,(H,31,32). The average molecular weight is 424 g/mol. The smallest absolute Gasteiger partial charge is 0.335 e. The summed E-state index contributed by atoms with van der Waals surface area (Å²) in [5.74, 6) is -1.31. The molecule has 0 aliphatic heterocycles. The highest BCUT2D eigenvalue weighted by Crippen LogP contribution is 2.56. The van der Waals surface area contributed by atoms with Gasteiger partial charge in [-0.25, -0.2) is 19.2 Å². The highest BCUT2D eigenvalue weighted by molar-refractivity contribution is 5.88. The van der Waals surface area contributed by atoms with Crippen molar-refractivity contribution in [3.05, 3.63) is 95.8 Å². The number of carbonyl (C=O) groups is 1. The van der Waals surface area contributed by atoms with Crippen LogP contribution < -0.4 is 0 Å². The van der Waals surface area contributed by atoms with E-state index in [4.69, 9.17) is 0 Å². The largest absolute Gasteiger partial charge is 0.478 e. The lowest BCUT2D eigenvalue weighted by molar-refractivity contribution is 0.0696. The second-order valence-corrected chi connectivity index (χ2v) is 8.09. The van der Waals surface area contributed by atoms with Crippen LogP contribution in [-0.4, -0.2) is 30.4 Å². The Morgan fingerprint density at radius 2 is 1.88 bits per heavy atom. The number of aromatic carboxylic acids is 1. The van der Waals surface area contributed by atoms with Crippen molar-refractivity contribution in [1.82, 2.24) is 19.4 Å².